The van der Waals surface area contributed by atoms with Crippen LogP contribution in [0.1, 0.15) is 47.2 Å². The molecule has 2 aromatic rings. The Kier molecular flexibility index (Phi) is 4.98. The normalized spacial score (nSPS) is 19.7. The molecule has 0 spiro atoms. The lowest BCUT2D eigenvalue weighted by Gasteiger charge is -2.31. The van der Waals surface area contributed by atoms with Crippen molar-refractivity contribution in [3.63, 3.8) is 0 Å². The summed E-state index contributed by atoms with van der Waals surface area (Å²) in [6.45, 7) is 3.52. The maximum atomic E-state index is 14.7. The second-order valence-electron chi connectivity index (χ2n) is 7.28. The first kappa shape index (κ1) is 18.4. The van der Waals surface area contributed by atoms with E-state index in [0.29, 0.717) is 5.56 Å². The molecule has 1 amide bonds. The number of piperidine rings is 1. The number of likely N-dealkylation sites (tertiary alicyclic amines) is 1. The number of aryl methyl sites for hydroxylation is 1. The Morgan fingerprint density at radius 1 is 1.14 bits per heavy atom. The minimum Gasteiger partial charge on any atom is -0.339 e. The van der Waals surface area contributed by atoms with Crippen LogP contribution in [0.4, 0.5) is 10.1 Å². The Morgan fingerprint density at radius 2 is 1.86 bits per heavy atom. The van der Waals surface area contributed by atoms with Crippen LogP contribution in [0.2, 0.25) is 0 Å². The number of nitrogens with zero attached hydrogens (tertiary/aromatic N) is 5. The van der Waals surface area contributed by atoms with Gasteiger partial charge in [0.2, 0.25) is 0 Å². The standard InChI is InChI=1S/C21H24FN5O/c1-15-24-13-19(25(15)2)20-18(22)12-23-14-27(20)17-8-6-16(7-9-17)21(28)26-10-4-3-5-11-26/h6-9,12-14,20H,3-5,10-11H2,1-2H3. The third kappa shape index (κ3) is 3.32. The summed E-state index contributed by atoms with van der Waals surface area (Å²) >= 11 is 0. The van der Waals surface area contributed by atoms with Gasteiger partial charge in [0.1, 0.15) is 17.7 Å². The Hall–Kier alpha value is -2.96. The van der Waals surface area contributed by atoms with Crippen molar-refractivity contribution < 1.29 is 9.18 Å². The van der Waals surface area contributed by atoms with Crippen LogP contribution in [0.3, 0.4) is 0 Å². The molecular weight excluding hydrogens is 357 g/mol. The molecule has 2 aliphatic rings. The number of halogens is 1. The number of hydrogen-bond acceptors (Lipinski definition) is 4. The second kappa shape index (κ2) is 7.58. The first-order chi connectivity index (χ1) is 13.6. The van der Waals surface area contributed by atoms with E-state index in [0.717, 1.165) is 43.1 Å². The molecule has 3 heterocycles. The number of hydrogen-bond donors (Lipinski definition) is 0. The van der Waals surface area contributed by atoms with E-state index in [9.17, 15) is 9.18 Å². The largest absolute Gasteiger partial charge is 0.339 e. The number of benzene rings is 1. The molecule has 146 valence electrons. The summed E-state index contributed by atoms with van der Waals surface area (Å²) in [5, 5.41) is 0. The molecule has 1 aromatic heterocycles. The highest BCUT2D eigenvalue weighted by Crippen LogP contribution is 2.35. The van der Waals surface area contributed by atoms with Crippen LogP contribution >= 0.6 is 0 Å². The van der Waals surface area contributed by atoms with Crippen molar-refractivity contribution in [1.82, 2.24) is 14.5 Å². The molecule has 0 radical (unpaired) electrons. The van der Waals surface area contributed by atoms with E-state index >= 15 is 0 Å². The van der Waals surface area contributed by atoms with Crippen LogP contribution in [0.5, 0.6) is 0 Å². The number of carbonyl (C=O) groups is 1. The highest BCUT2D eigenvalue weighted by atomic mass is 19.1. The number of anilines is 1. The number of carbonyl (C=O) groups excluding carboxylic acids is 1. The van der Waals surface area contributed by atoms with Crippen molar-refractivity contribution in [3.8, 4) is 0 Å². The first-order valence-electron chi connectivity index (χ1n) is 9.61. The Morgan fingerprint density at radius 3 is 2.50 bits per heavy atom. The van der Waals surface area contributed by atoms with E-state index in [1.165, 1.54) is 12.6 Å². The van der Waals surface area contributed by atoms with Crippen molar-refractivity contribution in [2.24, 2.45) is 12.0 Å². The van der Waals surface area contributed by atoms with Gasteiger partial charge in [-0.25, -0.2) is 14.4 Å². The Bertz CT molecular complexity index is 925. The molecule has 6 nitrogen and oxygen atoms in total. The fraction of sp³-hybridized carbons (Fsp3) is 0.381. The van der Waals surface area contributed by atoms with E-state index in [1.807, 2.05) is 47.7 Å². The van der Waals surface area contributed by atoms with E-state index in [2.05, 4.69) is 9.98 Å². The topological polar surface area (TPSA) is 53.7 Å². The molecule has 1 unspecified atom stereocenters. The Labute approximate surface area is 164 Å². The summed E-state index contributed by atoms with van der Waals surface area (Å²) < 4.78 is 16.6. The van der Waals surface area contributed by atoms with Gasteiger partial charge in [-0.15, -0.1) is 0 Å². The summed E-state index contributed by atoms with van der Waals surface area (Å²) in [5.74, 6) is 0.523. The number of aromatic nitrogens is 2. The lowest BCUT2D eigenvalue weighted by Crippen LogP contribution is -2.35. The highest BCUT2D eigenvalue weighted by Gasteiger charge is 2.30. The number of amides is 1. The van der Waals surface area contributed by atoms with Gasteiger partial charge in [0.25, 0.3) is 5.91 Å². The molecule has 0 N–H and O–H groups in total. The van der Waals surface area contributed by atoms with Gasteiger partial charge in [-0.05, 0) is 50.5 Å². The number of imidazole rings is 1. The molecular formula is C21H24FN5O. The predicted molar refractivity (Wildman–Crippen MR) is 107 cm³/mol. The van der Waals surface area contributed by atoms with E-state index in [1.54, 1.807) is 17.4 Å². The van der Waals surface area contributed by atoms with Gasteiger partial charge in [-0.3, -0.25) is 4.79 Å². The minimum absolute atomic E-state index is 0.0587. The predicted octanol–water partition coefficient (Wildman–Crippen LogP) is 3.76. The van der Waals surface area contributed by atoms with Gasteiger partial charge in [-0.2, -0.15) is 0 Å². The van der Waals surface area contributed by atoms with E-state index < -0.39 is 6.04 Å². The molecule has 1 fully saturated rings. The average molecular weight is 381 g/mol. The second-order valence-corrected chi connectivity index (χ2v) is 7.28. The number of aliphatic imine (C=N–C) groups is 1. The maximum Gasteiger partial charge on any atom is 0.253 e. The van der Waals surface area contributed by atoms with Crippen molar-refractivity contribution in [2.45, 2.75) is 32.2 Å². The third-order valence-electron chi connectivity index (χ3n) is 5.52. The van der Waals surface area contributed by atoms with Gasteiger partial charge in [0.15, 0.2) is 0 Å². The van der Waals surface area contributed by atoms with Gasteiger partial charge in [0.05, 0.1) is 24.4 Å². The summed E-state index contributed by atoms with van der Waals surface area (Å²) in [5.41, 5.74) is 2.17. The summed E-state index contributed by atoms with van der Waals surface area (Å²) in [4.78, 5) is 24.7. The van der Waals surface area contributed by atoms with Crippen molar-refractivity contribution in [1.29, 1.82) is 0 Å². The van der Waals surface area contributed by atoms with Crippen LogP contribution in [-0.4, -0.2) is 39.8 Å². The molecule has 0 aliphatic carbocycles. The monoisotopic (exact) mass is 381 g/mol. The molecule has 2 aliphatic heterocycles. The van der Waals surface area contributed by atoms with Gasteiger partial charge >= 0.3 is 0 Å². The van der Waals surface area contributed by atoms with Crippen LogP contribution in [-0.2, 0) is 7.05 Å². The zero-order valence-electron chi connectivity index (χ0n) is 16.2. The van der Waals surface area contributed by atoms with Crippen molar-refractivity contribution in [2.75, 3.05) is 18.0 Å². The lowest BCUT2D eigenvalue weighted by atomic mass is 10.1. The van der Waals surface area contributed by atoms with Crippen LogP contribution in [0.15, 0.2) is 47.5 Å². The van der Waals surface area contributed by atoms with Crippen molar-refractivity contribution >= 4 is 17.9 Å². The van der Waals surface area contributed by atoms with Crippen LogP contribution in [0, 0.1) is 6.92 Å². The molecule has 1 atom stereocenters. The van der Waals surface area contributed by atoms with Crippen LogP contribution < -0.4 is 4.90 Å². The zero-order chi connectivity index (χ0) is 19.7. The summed E-state index contributed by atoms with van der Waals surface area (Å²) in [6, 6.07) is 6.67. The SMILES string of the molecule is Cc1ncc(C2C(F)=CN=CN2c2ccc(C(=O)N3CCCCC3)cc2)n1C. The summed E-state index contributed by atoms with van der Waals surface area (Å²) in [7, 11) is 1.87. The average Bonchev–Trinajstić information content (AvgIpc) is 3.06. The van der Waals surface area contributed by atoms with E-state index in [-0.39, 0.29) is 11.7 Å². The highest BCUT2D eigenvalue weighted by molar-refractivity contribution is 5.95. The van der Waals surface area contributed by atoms with Gasteiger partial charge < -0.3 is 14.4 Å². The van der Waals surface area contributed by atoms with Crippen LogP contribution in [0.25, 0.3) is 0 Å². The van der Waals surface area contributed by atoms with Crippen molar-refractivity contribution in [3.05, 3.63) is 59.6 Å². The minimum atomic E-state index is -0.632. The maximum absolute atomic E-state index is 14.7. The molecule has 1 aromatic carbocycles. The number of rotatable bonds is 3. The van der Waals surface area contributed by atoms with Gasteiger partial charge in [0, 0.05) is 31.4 Å². The quantitative estimate of drug-likeness (QED) is 0.814. The fourth-order valence-corrected chi connectivity index (χ4v) is 3.78. The zero-order valence-corrected chi connectivity index (χ0v) is 16.2. The molecule has 0 bridgehead atoms. The third-order valence-corrected chi connectivity index (χ3v) is 5.52. The molecule has 28 heavy (non-hydrogen) atoms. The lowest BCUT2D eigenvalue weighted by molar-refractivity contribution is 0.0724. The molecule has 1 saturated heterocycles. The molecule has 7 heteroatoms. The fourth-order valence-electron chi connectivity index (χ4n) is 3.78. The van der Waals surface area contributed by atoms with Gasteiger partial charge in [-0.1, -0.05) is 0 Å². The smallest absolute Gasteiger partial charge is 0.253 e. The molecule has 0 saturated carbocycles. The van der Waals surface area contributed by atoms with E-state index in [4.69, 9.17) is 0 Å². The molecule has 4 rings (SSSR count). The Balaban J connectivity index is 1.60. The summed E-state index contributed by atoms with van der Waals surface area (Å²) in [6.07, 6.45) is 7.84. The first-order valence-corrected chi connectivity index (χ1v) is 9.61.